The molecular formula is C12H18N4O2. The Labute approximate surface area is 105 Å². The summed E-state index contributed by atoms with van der Waals surface area (Å²) in [5, 5.41) is 17.0. The topological polar surface area (TPSA) is 80.0 Å². The van der Waals surface area contributed by atoms with Crippen LogP contribution in [-0.4, -0.2) is 32.4 Å². The number of aryl methyl sites for hydroxylation is 1. The lowest BCUT2D eigenvalue weighted by atomic mass is 9.98. The Morgan fingerprint density at radius 1 is 1.39 bits per heavy atom. The van der Waals surface area contributed by atoms with E-state index in [1.807, 2.05) is 4.68 Å². The number of fused-ring (bicyclic) bond motifs is 1. The zero-order valence-electron chi connectivity index (χ0n) is 10.3. The second-order valence-corrected chi connectivity index (χ2v) is 5.14. The molecule has 2 N–H and O–H groups in total. The van der Waals surface area contributed by atoms with E-state index in [9.17, 15) is 4.79 Å². The van der Waals surface area contributed by atoms with Crippen LogP contribution in [-0.2, 0) is 17.8 Å². The molecule has 0 aliphatic carbocycles. The minimum Gasteiger partial charge on any atom is -0.481 e. The molecule has 0 aromatic carbocycles. The summed E-state index contributed by atoms with van der Waals surface area (Å²) in [5.41, 5.74) is 0. The number of carboxylic acids is 1. The van der Waals surface area contributed by atoms with Gasteiger partial charge in [0.1, 0.15) is 5.82 Å². The summed E-state index contributed by atoms with van der Waals surface area (Å²) in [7, 11) is 0. The quantitative estimate of drug-likeness (QED) is 0.809. The maximum atomic E-state index is 11.0. The lowest BCUT2D eigenvalue weighted by Crippen LogP contribution is -2.27. The molecule has 2 unspecified atom stereocenters. The molecule has 2 aliphatic rings. The highest BCUT2D eigenvalue weighted by atomic mass is 16.4. The average molecular weight is 250 g/mol. The first-order chi connectivity index (χ1) is 8.74. The molecule has 2 aliphatic heterocycles. The van der Waals surface area contributed by atoms with Crippen molar-refractivity contribution >= 4 is 5.97 Å². The summed E-state index contributed by atoms with van der Waals surface area (Å²) in [6.45, 7) is 1.69. The van der Waals surface area contributed by atoms with Crippen LogP contribution in [0.25, 0.3) is 0 Å². The molecule has 0 saturated carbocycles. The zero-order valence-corrected chi connectivity index (χ0v) is 10.3. The second kappa shape index (κ2) is 4.68. The number of carbonyl (C=O) groups is 1. The SMILES string of the molecule is O=C(O)C1CCn2nc(C3CCCCN3)nc2C1. The zero-order chi connectivity index (χ0) is 12.5. The van der Waals surface area contributed by atoms with Gasteiger partial charge in [0.25, 0.3) is 0 Å². The first kappa shape index (κ1) is 11.6. The molecule has 0 spiro atoms. The normalized spacial score (nSPS) is 27.8. The fourth-order valence-electron chi connectivity index (χ4n) is 2.75. The number of nitrogens with one attached hydrogen (secondary N) is 1. The Morgan fingerprint density at radius 2 is 2.28 bits per heavy atom. The van der Waals surface area contributed by atoms with Gasteiger partial charge in [0.2, 0.25) is 0 Å². The van der Waals surface area contributed by atoms with Gasteiger partial charge >= 0.3 is 5.97 Å². The van der Waals surface area contributed by atoms with Crippen molar-refractivity contribution in [1.82, 2.24) is 20.1 Å². The molecule has 0 bridgehead atoms. The van der Waals surface area contributed by atoms with E-state index in [1.54, 1.807) is 0 Å². The number of hydrogen-bond acceptors (Lipinski definition) is 4. The van der Waals surface area contributed by atoms with E-state index in [2.05, 4.69) is 15.4 Å². The van der Waals surface area contributed by atoms with Gasteiger partial charge in [-0.15, -0.1) is 0 Å². The molecule has 3 rings (SSSR count). The van der Waals surface area contributed by atoms with Crippen LogP contribution in [0.5, 0.6) is 0 Å². The molecule has 1 fully saturated rings. The van der Waals surface area contributed by atoms with Crippen molar-refractivity contribution in [3.63, 3.8) is 0 Å². The smallest absolute Gasteiger partial charge is 0.307 e. The number of aromatic nitrogens is 3. The van der Waals surface area contributed by atoms with Gasteiger partial charge in [0, 0.05) is 13.0 Å². The minimum atomic E-state index is -0.721. The molecule has 6 nitrogen and oxygen atoms in total. The molecule has 0 radical (unpaired) electrons. The number of hydrogen-bond donors (Lipinski definition) is 2. The molecule has 6 heteroatoms. The third-order valence-electron chi connectivity index (χ3n) is 3.85. The predicted octanol–water partition coefficient (Wildman–Crippen LogP) is 0.740. The molecule has 1 aromatic rings. The van der Waals surface area contributed by atoms with Crippen LogP contribution in [0.2, 0.25) is 0 Å². The lowest BCUT2D eigenvalue weighted by molar-refractivity contribution is -0.142. The number of carboxylic acid groups (broad SMARTS) is 1. The highest BCUT2D eigenvalue weighted by molar-refractivity contribution is 5.70. The summed E-state index contributed by atoms with van der Waals surface area (Å²) >= 11 is 0. The Bertz CT molecular complexity index is 451. The molecule has 18 heavy (non-hydrogen) atoms. The average Bonchev–Trinajstić information content (AvgIpc) is 2.82. The van der Waals surface area contributed by atoms with Gasteiger partial charge in [-0.25, -0.2) is 9.67 Å². The number of nitrogens with zero attached hydrogens (tertiary/aromatic N) is 3. The number of aliphatic carboxylic acids is 1. The Hall–Kier alpha value is -1.43. The van der Waals surface area contributed by atoms with E-state index < -0.39 is 5.97 Å². The second-order valence-electron chi connectivity index (χ2n) is 5.14. The van der Waals surface area contributed by atoms with Crippen LogP contribution in [0.4, 0.5) is 0 Å². The summed E-state index contributed by atoms with van der Waals surface area (Å²) in [5.74, 6) is 0.655. The molecule has 2 atom stereocenters. The van der Waals surface area contributed by atoms with E-state index in [4.69, 9.17) is 5.11 Å². The van der Waals surface area contributed by atoms with Crippen LogP contribution in [0, 0.1) is 5.92 Å². The highest BCUT2D eigenvalue weighted by Crippen LogP contribution is 2.24. The largest absolute Gasteiger partial charge is 0.481 e. The molecular weight excluding hydrogens is 232 g/mol. The van der Waals surface area contributed by atoms with Gasteiger partial charge in [-0.05, 0) is 25.8 Å². The van der Waals surface area contributed by atoms with Crippen molar-refractivity contribution in [2.45, 2.75) is 44.7 Å². The maximum absolute atomic E-state index is 11.0. The first-order valence-electron chi connectivity index (χ1n) is 6.64. The van der Waals surface area contributed by atoms with Crippen molar-refractivity contribution in [3.8, 4) is 0 Å². The van der Waals surface area contributed by atoms with Gasteiger partial charge < -0.3 is 10.4 Å². The van der Waals surface area contributed by atoms with Crippen LogP contribution in [0.1, 0.15) is 43.4 Å². The first-order valence-corrected chi connectivity index (χ1v) is 6.64. The summed E-state index contributed by atoms with van der Waals surface area (Å²) in [4.78, 5) is 15.5. The van der Waals surface area contributed by atoms with E-state index in [0.717, 1.165) is 24.6 Å². The number of rotatable bonds is 2. The predicted molar refractivity (Wildman–Crippen MR) is 64.1 cm³/mol. The van der Waals surface area contributed by atoms with Gasteiger partial charge in [0.15, 0.2) is 5.82 Å². The summed E-state index contributed by atoms with van der Waals surface area (Å²) in [6.07, 6.45) is 4.66. The molecule has 1 aromatic heterocycles. The third kappa shape index (κ3) is 2.12. The Balaban J connectivity index is 1.78. The van der Waals surface area contributed by atoms with Crippen molar-refractivity contribution in [3.05, 3.63) is 11.6 Å². The van der Waals surface area contributed by atoms with E-state index in [-0.39, 0.29) is 12.0 Å². The van der Waals surface area contributed by atoms with Crippen LogP contribution in [0.15, 0.2) is 0 Å². The van der Waals surface area contributed by atoms with Gasteiger partial charge in [-0.3, -0.25) is 4.79 Å². The number of piperidine rings is 1. The standard InChI is InChI=1S/C12H18N4O2/c17-12(18)8-4-6-16-10(7-8)14-11(15-16)9-3-1-2-5-13-9/h8-9,13H,1-7H2,(H,17,18). The molecule has 1 saturated heterocycles. The third-order valence-corrected chi connectivity index (χ3v) is 3.85. The van der Waals surface area contributed by atoms with E-state index >= 15 is 0 Å². The van der Waals surface area contributed by atoms with Crippen LogP contribution in [0.3, 0.4) is 0 Å². The maximum Gasteiger partial charge on any atom is 0.307 e. The van der Waals surface area contributed by atoms with E-state index in [1.165, 1.54) is 12.8 Å². The highest BCUT2D eigenvalue weighted by Gasteiger charge is 2.28. The van der Waals surface area contributed by atoms with Gasteiger partial charge in [0.05, 0.1) is 12.0 Å². The van der Waals surface area contributed by atoms with Crippen molar-refractivity contribution in [2.24, 2.45) is 5.92 Å². The lowest BCUT2D eigenvalue weighted by Gasteiger charge is -2.20. The molecule has 3 heterocycles. The summed E-state index contributed by atoms with van der Waals surface area (Å²) < 4.78 is 1.88. The molecule has 0 amide bonds. The Kier molecular flexibility index (Phi) is 3.03. The van der Waals surface area contributed by atoms with Crippen LogP contribution >= 0.6 is 0 Å². The van der Waals surface area contributed by atoms with Crippen molar-refractivity contribution in [2.75, 3.05) is 6.54 Å². The summed E-state index contributed by atoms with van der Waals surface area (Å²) in [6, 6.07) is 0.250. The molecule has 98 valence electrons. The fourth-order valence-corrected chi connectivity index (χ4v) is 2.75. The minimum absolute atomic E-state index is 0.250. The van der Waals surface area contributed by atoms with Crippen LogP contribution < -0.4 is 5.32 Å². The van der Waals surface area contributed by atoms with E-state index in [0.29, 0.717) is 19.4 Å². The fraction of sp³-hybridized carbons (Fsp3) is 0.750. The van der Waals surface area contributed by atoms with Crippen molar-refractivity contribution < 1.29 is 9.90 Å². The van der Waals surface area contributed by atoms with Gasteiger partial charge in [-0.2, -0.15) is 5.10 Å². The van der Waals surface area contributed by atoms with Crippen molar-refractivity contribution in [1.29, 1.82) is 0 Å². The Morgan fingerprint density at radius 3 is 3.00 bits per heavy atom. The monoisotopic (exact) mass is 250 g/mol. The van der Waals surface area contributed by atoms with Gasteiger partial charge in [-0.1, -0.05) is 6.42 Å².